The number of thioether (sulfide) groups is 1. The number of morpholine rings is 1. The molecule has 1 aliphatic heterocycles. The molecule has 0 spiro atoms. The summed E-state index contributed by atoms with van der Waals surface area (Å²) in [7, 11) is 0. The van der Waals surface area contributed by atoms with Gasteiger partial charge in [-0.3, -0.25) is 14.6 Å². The predicted molar refractivity (Wildman–Crippen MR) is 131 cm³/mol. The number of hydrogen-bond acceptors (Lipinski definition) is 6. The molecule has 2 heterocycles. The summed E-state index contributed by atoms with van der Waals surface area (Å²) >= 11 is 3.22. The van der Waals surface area contributed by atoms with E-state index in [0.29, 0.717) is 6.54 Å². The van der Waals surface area contributed by atoms with Crippen molar-refractivity contribution in [2.45, 2.75) is 25.2 Å². The van der Waals surface area contributed by atoms with Crippen LogP contribution in [-0.4, -0.2) is 61.4 Å². The van der Waals surface area contributed by atoms with Crippen LogP contribution in [0.3, 0.4) is 0 Å². The van der Waals surface area contributed by atoms with Crippen LogP contribution in [0.2, 0.25) is 0 Å². The number of aryl methyl sites for hydroxylation is 2. The number of thiazole rings is 1. The zero-order chi connectivity index (χ0) is 21.8. The molecule has 0 bridgehead atoms. The van der Waals surface area contributed by atoms with E-state index in [1.165, 1.54) is 11.1 Å². The van der Waals surface area contributed by atoms with Crippen LogP contribution in [0.15, 0.2) is 41.3 Å². The third-order valence-corrected chi connectivity index (χ3v) is 7.61. The van der Waals surface area contributed by atoms with Crippen LogP contribution >= 0.6 is 23.1 Å². The number of nitrogens with zero attached hydrogens (tertiary/aromatic N) is 3. The highest BCUT2D eigenvalue weighted by molar-refractivity contribution is 7.98. The molecule has 3 aromatic rings. The summed E-state index contributed by atoms with van der Waals surface area (Å²) in [6, 6.07) is 12.1. The molecule has 1 saturated heterocycles. The van der Waals surface area contributed by atoms with Crippen molar-refractivity contribution in [2.24, 2.45) is 0 Å². The molecule has 1 fully saturated rings. The number of carbonyl (C=O) groups is 1. The van der Waals surface area contributed by atoms with Gasteiger partial charge in [0.1, 0.15) is 0 Å². The van der Waals surface area contributed by atoms with E-state index in [4.69, 9.17) is 9.72 Å². The standard InChI is InChI=1S/C24H29N3O2S2/c1-17-15-18(2)22-20(16-17)25-24(31-22)27(10-6-9-26-11-13-29-14-12-26)23(28)19-7-4-5-8-21(19)30-3/h4-5,7-8,15-16H,6,9-14H2,1-3H3. The van der Waals surface area contributed by atoms with Crippen molar-refractivity contribution in [1.82, 2.24) is 9.88 Å². The maximum atomic E-state index is 13.7. The highest BCUT2D eigenvalue weighted by Gasteiger charge is 2.24. The van der Waals surface area contributed by atoms with Gasteiger partial charge in [-0.1, -0.05) is 29.5 Å². The van der Waals surface area contributed by atoms with E-state index in [9.17, 15) is 4.79 Å². The predicted octanol–water partition coefficient (Wildman–Crippen LogP) is 5.00. The van der Waals surface area contributed by atoms with Crippen molar-refractivity contribution < 1.29 is 9.53 Å². The number of hydrogen-bond donors (Lipinski definition) is 0. The normalized spacial score (nSPS) is 14.8. The van der Waals surface area contributed by atoms with Crippen LogP contribution < -0.4 is 4.90 Å². The van der Waals surface area contributed by atoms with Crippen LogP contribution in [0.25, 0.3) is 10.2 Å². The second-order valence-corrected chi connectivity index (χ2v) is 9.72. The van der Waals surface area contributed by atoms with Gasteiger partial charge < -0.3 is 4.74 Å². The minimum atomic E-state index is 0.0281. The summed E-state index contributed by atoms with van der Waals surface area (Å²) in [5, 5.41) is 0.784. The van der Waals surface area contributed by atoms with Crippen molar-refractivity contribution in [1.29, 1.82) is 0 Å². The Hall–Kier alpha value is -1.93. The molecule has 5 nitrogen and oxygen atoms in total. The zero-order valence-corrected chi connectivity index (χ0v) is 20.0. The summed E-state index contributed by atoms with van der Waals surface area (Å²) in [5.41, 5.74) is 4.12. The SMILES string of the molecule is CSc1ccccc1C(=O)N(CCCN1CCOCC1)c1nc2cc(C)cc(C)c2s1. The Morgan fingerprint density at radius 2 is 2.00 bits per heavy atom. The molecule has 1 aliphatic rings. The zero-order valence-electron chi connectivity index (χ0n) is 18.4. The maximum absolute atomic E-state index is 13.7. The van der Waals surface area contributed by atoms with Gasteiger partial charge in [-0.2, -0.15) is 0 Å². The molecule has 0 N–H and O–H groups in total. The van der Waals surface area contributed by atoms with E-state index < -0.39 is 0 Å². The maximum Gasteiger partial charge on any atom is 0.261 e. The summed E-state index contributed by atoms with van der Waals surface area (Å²) in [6.07, 6.45) is 2.92. The molecular formula is C24H29N3O2S2. The second kappa shape index (κ2) is 10.1. The topological polar surface area (TPSA) is 45.7 Å². The van der Waals surface area contributed by atoms with Gasteiger partial charge in [0.15, 0.2) is 5.13 Å². The first-order valence-electron chi connectivity index (χ1n) is 10.7. The molecule has 7 heteroatoms. The van der Waals surface area contributed by atoms with Gasteiger partial charge in [0, 0.05) is 31.1 Å². The molecule has 0 aliphatic carbocycles. The molecule has 0 saturated carbocycles. The van der Waals surface area contributed by atoms with Gasteiger partial charge in [-0.25, -0.2) is 4.98 Å². The lowest BCUT2D eigenvalue weighted by Gasteiger charge is -2.28. The van der Waals surface area contributed by atoms with Crippen LogP contribution in [0, 0.1) is 13.8 Å². The molecule has 0 atom stereocenters. The largest absolute Gasteiger partial charge is 0.379 e. The number of benzene rings is 2. The molecule has 1 aromatic heterocycles. The summed E-state index contributed by atoms with van der Waals surface area (Å²) < 4.78 is 6.61. The molecule has 0 unspecified atom stereocenters. The van der Waals surface area contributed by atoms with E-state index in [2.05, 4.69) is 30.9 Å². The third-order valence-electron chi connectivity index (χ3n) is 5.58. The van der Waals surface area contributed by atoms with Gasteiger partial charge in [-0.15, -0.1) is 11.8 Å². The molecule has 0 radical (unpaired) electrons. The Bertz CT molecular complexity index is 1060. The fourth-order valence-corrected chi connectivity index (χ4v) is 5.64. The van der Waals surface area contributed by atoms with Crippen LogP contribution in [0.5, 0.6) is 0 Å². The number of aromatic nitrogens is 1. The van der Waals surface area contributed by atoms with Gasteiger partial charge in [0.05, 0.1) is 29.0 Å². The van der Waals surface area contributed by atoms with Gasteiger partial charge >= 0.3 is 0 Å². The molecule has 2 aromatic carbocycles. The monoisotopic (exact) mass is 455 g/mol. The minimum absolute atomic E-state index is 0.0281. The number of fused-ring (bicyclic) bond motifs is 1. The number of carbonyl (C=O) groups excluding carboxylic acids is 1. The van der Waals surface area contributed by atoms with Crippen molar-refractivity contribution in [3.8, 4) is 0 Å². The highest BCUT2D eigenvalue weighted by Crippen LogP contribution is 2.33. The lowest BCUT2D eigenvalue weighted by Crippen LogP contribution is -2.39. The van der Waals surface area contributed by atoms with Gasteiger partial charge in [0.2, 0.25) is 0 Å². The first kappa shape index (κ1) is 22.3. The number of rotatable bonds is 7. The molecule has 31 heavy (non-hydrogen) atoms. The summed E-state index contributed by atoms with van der Waals surface area (Å²) in [4.78, 5) is 23.9. The summed E-state index contributed by atoms with van der Waals surface area (Å²) in [6.45, 7) is 9.32. The first-order valence-corrected chi connectivity index (χ1v) is 12.7. The van der Waals surface area contributed by atoms with E-state index >= 15 is 0 Å². The third kappa shape index (κ3) is 5.12. The van der Waals surface area contributed by atoms with E-state index in [1.807, 2.05) is 35.4 Å². The fourth-order valence-electron chi connectivity index (χ4n) is 4.01. The van der Waals surface area contributed by atoms with Crippen LogP contribution in [0.4, 0.5) is 5.13 Å². The van der Waals surface area contributed by atoms with Crippen molar-refractivity contribution in [2.75, 3.05) is 50.5 Å². The van der Waals surface area contributed by atoms with Crippen LogP contribution in [0.1, 0.15) is 27.9 Å². The highest BCUT2D eigenvalue weighted by atomic mass is 32.2. The first-order chi connectivity index (χ1) is 15.1. The van der Waals surface area contributed by atoms with E-state index in [-0.39, 0.29) is 5.91 Å². The molecule has 1 amide bonds. The summed E-state index contributed by atoms with van der Waals surface area (Å²) in [5.74, 6) is 0.0281. The smallest absolute Gasteiger partial charge is 0.261 e. The quantitative estimate of drug-likeness (QED) is 0.469. The Morgan fingerprint density at radius 3 is 2.77 bits per heavy atom. The molecule has 4 rings (SSSR count). The van der Waals surface area contributed by atoms with Gasteiger partial charge in [-0.05, 0) is 55.9 Å². The fraction of sp³-hybridized carbons (Fsp3) is 0.417. The Balaban J connectivity index is 1.63. The Morgan fingerprint density at radius 1 is 1.23 bits per heavy atom. The average Bonchev–Trinajstić information content (AvgIpc) is 3.21. The van der Waals surface area contributed by atoms with Crippen LogP contribution in [-0.2, 0) is 4.74 Å². The lowest BCUT2D eigenvalue weighted by molar-refractivity contribution is 0.0376. The molecule has 164 valence electrons. The number of anilines is 1. The Kier molecular flexibility index (Phi) is 7.27. The van der Waals surface area contributed by atoms with E-state index in [0.717, 1.165) is 65.1 Å². The average molecular weight is 456 g/mol. The Labute approximate surface area is 192 Å². The van der Waals surface area contributed by atoms with E-state index in [1.54, 1.807) is 23.1 Å². The number of ether oxygens (including phenoxy) is 1. The van der Waals surface area contributed by atoms with Crippen molar-refractivity contribution >= 4 is 44.4 Å². The minimum Gasteiger partial charge on any atom is -0.379 e. The van der Waals surface area contributed by atoms with Crippen molar-refractivity contribution in [3.05, 3.63) is 53.1 Å². The molecular weight excluding hydrogens is 426 g/mol. The number of amides is 1. The second-order valence-electron chi connectivity index (χ2n) is 7.89. The van der Waals surface area contributed by atoms with Crippen molar-refractivity contribution in [3.63, 3.8) is 0 Å². The lowest BCUT2D eigenvalue weighted by atomic mass is 10.1. The van der Waals surface area contributed by atoms with Gasteiger partial charge in [0.25, 0.3) is 5.91 Å².